The molecule has 0 bridgehead atoms. The van der Waals surface area contributed by atoms with Crippen LogP contribution in [0.4, 0.5) is 0 Å². The highest BCUT2D eigenvalue weighted by Gasteiger charge is 2.34. The van der Waals surface area contributed by atoms with Crippen LogP contribution in [-0.4, -0.2) is 0 Å². The second-order valence-electron chi connectivity index (χ2n) is 15.1. The molecular formula is C52H34OS. The van der Waals surface area contributed by atoms with Crippen molar-refractivity contribution in [2.24, 2.45) is 11.8 Å². The number of thioether (sulfide) groups is 1. The van der Waals surface area contributed by atoms with Crippen LogP contribution in [0.3, 0.4) is 0 Å². The number of benzene rings is 7. The van der Waals surface area contributed by atoms with Gasteiger partial charge in [0.05, 0.1) is 0 Å². The van der Waals surface area contributed by atoms with E-state index in [0.29, 0.717) is 11.8 Å². The highest BCUT2D eigenvalue weighted by Crippen LogP contribution is 2.56. The molecule has 0 amide bonds. The lowest BCUT2D eigenvalue weighted by atomic mass is 9.70. The average molecular weight is 707 g/mol. The van der Waals surface area contributed by atoms with E-state index < -0.39 is 0 Å². The van der Waals surface area contributed by atoms with E-state index in [9.17, 15) is 0 Å². The summed E-state index contributed by atoms with van der Waals surface area (Å²) in [6.45, 7) is 0. The predicted molar refractivity (Wildman–Crippen MR) is 230 cm³/mol. The van der Waals surface area contributed by atoms with Gasteiger partial charge >= 0.3 is 0 Å². The Morgan fingerprint density at radius 3 is 1.89 bits per heavy atom. The minimum atomic E-state index is 0.260. The molecule has 0 radical (unpaired) electrons. The van der Waals surface area contributed by atoms with E-state index in [1.807, 2.05) is 17.8 Å². The fourth-order valence-electron chi connectivity index (χ4n) is 9.80. The molecule has 2 heteroatoms. The number of fused-ring (bicyclic) bond motifs is 10. The lowest BCUT2D eigenvalue weighted by Crippen LogP contribution is -2.19. The Hall–Kier alpha value is -6.09. The summed E-state index contributed by atoms with van der Waals surface area (Å²) < 4.78 is 6.26. The molecule has 1 aliphatic heterocycles. The Morgan fingerprint density at radius 2 is 1.13 bits per heavy atom. The van der Waals surface area contributed by atoms with E-state index in [1.165, 1.54) is 91.9 Å². The highest BCUT2D eigenvalue weighted by atomic mass is 32.2. The summed E-state index contributed by atoms with van der Waals surface area (Å²) in [5, 5.41) is 10.2. The molecule has 8 aromatic rings. The molecule has 2 heterocycles. The van der Waals surface area contributed by atoms with Gasteiger partial charge in [-0.3, -0.25) is 0 Å². The fraction of sp³-hybridized carbons (Fsp3) is 0.0769. The highest BCUT2D eigenvalue weighted by molar-refractivity contribution is 8.03. The van der Waals surface area contributed by atoms with Crippen LogP contribution in [0.5, 0.6) is 0 Å². The number of furan rings is 1. The molecular weight excluding hydrogens is 673 g/mol. The first-order valence-corrected chi connectivity index (χ1v) is 19.8. The molecule has 3 unspecified atom stereocenters. The van der Waals surface area contributed by atoms with Gasteiger partial charge < -0.3 is 4.42 Å². The Morgan fingerprint density at radius 1 is 0.500 bits per heavy atom. The number of para-hydroxylation sites is 1. The first-order chi connectivity index (χ1) is 26.8. The van der Waals surface area contributed by atoms with E-state index in [2.05, 4.69) is 170 Å². The number of hydrogen-bond donors (Lipinski definition) is 0. The Balaban J connectivity index is 1.00. The third-order valence-corrected chi connectivity index (χ3v) is 13.5. The predicted octanol–water partition coefficient (Wildman–Crippen LogP) is 14.4. The molecule has 54 heavy (non-hydrogen) atoms. The lowest BCUT2D eigenvalue weighted by Gasteiger charge is -2.34. The maximum absolute atomic E-state index is 6.26. The minimum absolute atomic E-state index is 0.260. The molecule has 1 nitrogen and oxygen atoms in total. The van der Waals surface area contributed by atoms with Crippen molar-refractivity contribution >= 4 is 82.7 Å². The number of hydrogen-bond acceptors (Lipinski definition) is 2. The van der Waals surface area contributed by atoms with Crippen LogP contribution in [0.1, 0.15) is 34.6 Å². The smallest absolute Gasteiger partial charge is 0.136 e. The van der Waals surface area contributed by atoms with Crippen LogP contribution in [0.25, 0.3) is 71.0 Å². The quantitative estimate of drug-likeness (QED) is 0.170. The number of allylic oxidation sites excluding steroid dienone is 12. The van der Waals surface area contributed by atoms with E-state index in [0.717, 1.165) is 17.6 Å². The second kappa shape index (κ2) is 11.7. The zero-order valence-corrected chi connectivity index (χ0v) is 30.3. The maximum atomic E-state index is 6.26. The largest absolute Gasteiger partial charge is 0.456 e. The molecule has 1 aromatic heterocycles. The molecule has 254 valence electrons. The summed E-state index contributed by atoms with van der Waals surface area (Å²) in [6, 6.07) is 47.0. The van der Waals surface area contributed by atoms with E-state index >= 15 is 0 Å². The van der Waals surface area contributed by atoms with Crippen molar-refractivity contribution in [1.82, 2.24) is 0 Å². The molecule has 0 fully saturated rings. The van der Waals surface area contributed by atoms with E-state index in [-0.39, 0.29) is 5.92 Å². The van der Waals surface area contributed by atoms with Gasteiger partial charge in [-0.05, 0) is 113 Å². The molecule has 4 aliphatic rings. The standard InChI is InChI=1S/C52H34OS/c1-2-12-31(13-3-1)35-23-24-43(37-15-5-4-14-36(35)37)52-41-19-8-6-17-39(41)51(40-18-7-9-20-42(40)52)32-22-25-49-45(26-32)46-28-33-27-44-38-16-10-11-21-47(38)53-48(44)29-34(33)30-50(46)54-49/h1-25,27-30,36-37,45H,26H2. The van der Waals surface area contributed by atoms with Gasteiger partial charge in [0.2, 0.25) is 0 Å². The van der Waals surface area contributed by atoms with Crippen LogP contribution >= 0.6 is 11.8 Å². The molecule has 7 aromatic carbocycles. The zero-order valence-electron chi connectivity index (χ0n) is 29.5. The molecule has 3 atom stereocenters. The summed E-state index contributed by atoms with van der Waals surface area (Å²) in [7, 11) is 0. The van der Waals surface area contributed by atoms with Crippen molar-refractivity contribution in [2.75, 3.05) is 0 Å². The first-order valence-electron chi connectivity index (χ1n) is 19.0. The van der Waals surface area contributed by atoms with Crippen LogP contribution in [0.15, 0.2) is 190 Å². The number of rotatable bonds is 3. The summed E-state index contributed by atoms with van der Waals surface area (Å²) in [6.07, 6.45) is 19.8. The molecule has 12 rings (SSSR count). The molecule has 0 saturated heterocycles. The van der Waals surface area contributed by atoms with Gasteiger partial charge in [-0.25, -0.2) is 0 Å². The van der Waals surface area contributed by atoms with Gasteiger partial charge in [0.25, 0.3) is 0 Å². The average Bonchev–Trinajstić information content (AvgIpc) is 3.77. The van der Waals surface area contributed by atoms with Crippen LogP contribution in [0.2, 0.25) is 0 Å². The topological polar surface area (TPSA) is 13.1 Å². The van der Waals surface area contributed by atoms with E-state index in [1.54, 1.807) is 0 Å². The van der Waals surface area contributed by atoms with E-state index in [4.69, 9.17) is 4.42 Å². The summed E-state index contributed by atoms with van der Waals surface area (Å²) >= 11 is 1.94. The molecule has 0 spiro atoms. The maximum Gasteiger partial charge on any atom is 0.136 e. The molecule has 0 saturated carbocycles. The fourth-order valence-corrected chi connectivity index (χ4v) is 11.1. The van der Waals surface area contributed by atoms with Crippen LogP contribution in [0, 0.1) is 11.8 Å². The van der Waals surface area contributed by atoms with Gasteiger partial charge in [0.1, 0.15) is 11.2 Å². The minimum Gasteiger partial charge on any atom is -0.456 e. The summed E-state index contributed by atoms with van der Waals surface area (Å²) in [5.41, 5.74) is 11.6. The van der Waals surface area contributed by atoms with Crippen molar-refractivity contribution < 1.29 is 4.42 Å². The third-order valence-electron chi connectivity index (χ3n) is 12.2. The first kappa shape index (κ1) is 30.4. The third kappa shape index (κ3) is 4.47. The van der Waals surface area contributed by atoms with Crippen molar-refractivity contribution in [3.05, 3.63) is 203 Å². The monoisotopic (exact) mass is 706 g/mol. The Kier molecular flexibility index (Phi) is 6.58. The summed E-state index contributed by atoms with van der Waals surface area (Å²) in [5.74, 6) is 0.889. The zero-order chi connectivity index (χ0) is 35.3. The SMILES string of the molecule is C1=CC2C(c3ccccc3)=CC=C(c3c4ccccc4c(C4=CC=C5Sc6cc7cc8oc9ccccc9c8cc7cc6C5C4)c4ccccc34)C2C=C1. The van der Waals surface area contributed by atoms with Crippen molar-refractivity contribution in [3.8, 4) is 0 Å². The van der Waals surface area contributed by atoms with Crippen molar-refractivity contribution in [2.45, 2.75) is 17.2 Å². The van der Waals surface area contributed by atoms with Gasteiger partial charge in [0, 0.05) is 33.4 Å². The summed E-state index contributed by atoms with van der Waals surface area (Å²) in [4.78, 5) is 2.81. The molecule has 3 aliphatic carbocycles. The van der Waals surface area contributed by atoms with Gasteiger partial charge in [-0.15, -0.1) is 0 Å². The Bertz CT molecular complexity index is 3050. The normalized spacial score (nSPS) is 20.2. The van der Waals surface area contributed by atoms with Crippen LogP contribution < -0.4 is 0 Å². The van der Waals surface area contributed by atoms with Crippen molar-refractivity contribution in [3.63, 3.8) is 0 Å². The Labute approximate surface area is 318 Å². The van der Waals surface area contributed by atoms with Gasteiger partial charge in [-0.1, -0.05) is 157 Å². The van der Waals surface area contributed by atoms with Crippen molar-refractivity contribution in [1.29, 1.82) is 0 Å². The lowest BCUT2D eigenvalue weighted by molar-refractivity contribution is 0.669. The van der Waals surface area contributed by atoms with Gasteiger partial charge in [0.15, 0.2) is 0 Å². The molecule has 0 N–H and O–H groups in total. The second-order valence-corrected chi connectivity index (χ2v) is 16.2. The van der Waals surface area contributed by atoms with Crippen LogP contribution in [-0.2, 0) is 0 Å². The van der Waals surface area contributed by atoms with Gasteiger partial charge in [-0.2, -0.15) is 0 Å².